The number of aromatic nitrogens is 3. The molecule has 3 rings (SSSR count). The zero-order valence-corrected chi connectivity index (χ0v) is 12.8. The molecule has 104 valence electrons. The molecule has 0 aliphatic heterocycles. The molecular weight excluding hydrogens is 266 g/mol. The third kappa shape index (κ3) is 2.52. The van der Waals surface area contributed by atoms with Gasteiger partial charge in [0.25, 0.3) is 0 Å². The lowest BCUT2D eigenvalue weighted by molar-refractivity contribution is 0.708. The highest BCUT2D eigenvalue weighted by Gasteiger charge is 2.14. The minimum Gasteiger partial charge on any atom is -0.342 e. The van der Waals surface area contributed by atoms with Gasteiger partial charge >= 0.3 is 0 Å². The number of H-pyrrole nitrogens is 1. The van der Waals surface area contributed by atoms with Crippen molar-refractivity contribution < 1.29 is 0 Å². The van der Waals surface area contributed by atoms with E-state index in [-0.39, 0.29) is 0 Å². The Morgan fingerprint density at radius 1 is 1.15 bits per heavy atom. The number of fused-ring (bicyclic) bond motifs is 1. The average Bonchev–Trinajstić information content (AvgIpc) is 2.64. The number of hydrogen-bond donors (Lipinski definition) is 1. The first kappa shape index (κ1) is 13.4. The van der Waals surface area contributed by atoms with Crippen molar-refractivity contribution in [3.63, 3.8) is 0 Å². The van der Waals surface area contributed by atoms with Crippen molar-refractivity contribution in [3.05, 3.63) is 39.3 Å². The van der Waals surface area contributed by atoms with Crippen LogP contribution in [0.2, 0.25) is 0 Å². The summed E-state index contributed by atoms with van der Waals surface area (Å²) in [5.74, 6) is 0.813. The molecule has 0 fully saturated rings. The Balaban J connectivity index is 2.13. The van der Waals surface area contributed by atoms with E-state index in [0.717, 1.165) is 34.6 Å². The summed E-state index contributed by atoms with van der Waals surface area (Å²) < 4.78 is 0.748. The van der Waals surface area contributed by atoms with E-state index >= 15 is 0 Å². The summed E-state index contributed by atoms with van der Waals surface area (Å²) in [7, 11) is 0. The summed E-state index contributed by atoms with van der Waals surface area (Å²) in [5, 5.41) is 0. The monoisotopic (exact) mass is 285 g/mol. The van der Waals surface area contributed by atoms with Gasteiger partial charge in [0.2, 0.25) is 0 Å². The standard InChI is InChI=1S/C16H19N3S/c1-10-8-11(2)14(17-9-10)15-18-13-7-5-3-4-6-12(13)16(20)19-15/h8-9H,3-7H2,1-2H3,(H,18,19,20). The van der Waals surface area contributed by atoms with Crippen LogP contribution in [0.4, 0.5) is 0 Å². The lowest BCUT2D eigenvalue weighted by atomic mass is 10.1. The summed E-state index contributed by atoms with van der Waals surface area (Å²) in [6, 6.07) is 2.13. The summed E-state index contributed by atoms with van der Waals surface area (Å²) >= 11 is 5.50. The zero-order chi connectivity index (χ0) is 14.1. The van der Waals surface area contributed by atoms with Crippen LogP contribution in [0.1, 0.15) is 41.6 Å². The van der Waals surface area contributed by atoms with Crippen molar-refractivity contribution in [1.29, 1.82) is 0 Å². The fourth-order valence-corrected chi connectivity index (χ4v) is 3.19. The number of pyridine rings is 1. The van der Waals surface area contributed by atoms with E-state index in [1.807, 2.05) is 6.20 Å². The summed E-state index contributed by atoms with van der Waals surface area (Å²) in [5.41, 5.74) is 5.72. The maximum Gasteiger partial charge on any atom is 0.158 e. The lowest BCUT2D eigenvalue weighted by Crippen LogP contribution is -2.04. The molecular formula is C16H19N3S. The minimum atomic E-state index is 0.748. The molecule has 0 amide bonds. The Hall–Kier alpha value is -1.55. The molecule has 0 bridgehead atoms. The summed E-state index contributed by atoms with van der Waals surface area (Å²) in [4.78, 5) is 12.6. The van der Waals surface area contributed by atoms with Crippen molar-refractivity contribution >= 4 is 12.2 Å². The van der Waals surface area contributed by atoms with E-state index in [1.54, 1.807) is 0 Å². The highest BCUT2D eigenvalue weighted by atomic mass is 32.1. The van der Waals surface area contributed by atoms with Crippen molar-refractivity contribution in [2.45, 2.75) is 46.0 Å². The van der Waals surface area contributed by atoms with E-state index < -0.39 is 0 Å². The smallest absolute Gasteiger partial charge is 0.158 e. The van der Waals surface area contributed by atoms with Gasteiger partial charge in [0.1, 0.15) is 10.3 Å². The van der Waals surface area contributed by atoms with Crippen molar-refractivity contribution in [3.8, 4) is 11.5 Å². The van der Waals surface area contributed by atoms with Gasteiger partial charge in [-0.3, -0.25) is 4.98 Å². The Bertz CT molecular complexity index is 703. The molecule has 2 aromatic rings. The fraction of sp³-hybridized carbons (Fsp3) is 0.438. The first-order valence-electron chi connectivity index (χ1n) is 7.21. The summed E-state index contributed by atoms with van der Waals surface area (Å²) in [6.07, 6.45) is 7.72. The van der Waals surface area contributed by atoms with Crippen LogP contribution in [0, 0.1) is 18.5 Å². The topological polar surface area (TPSA) is 41.6 Å². The average molecular weight is 285 g/mol. The second-order valence-corrected chi connectivity index (χ2v) is 5.97. The SMILES string of the molecule is Cc1cnc(-c2nc(=S)c3c([nH]2)CCCCC3)c(C)c1. The molecule has 0 unspecified atom stereocenters. The van der Waals surface area contributed by atoms with Gasteiger partial charge in [-0.2, -0.15) is 0 Å². The molecule has 20 heavy (non-hydrogen) atoms. The second kappa shape index (κ2) is 5.44. The van der Waals surface area contributed by atoms with E-state index in [1.165, 1.54) is 36.1 Å². The third-order valence-electron chi connectivity index (χ3n) is 3.90. The first-order valence-corrected chi connectivity index (χ1v) is 7.61. The number of hydrogen-bond acceptors (Lipinski definition) is 3. The van der Waals surface area contributed by atoms with Gasteiger partial charge in [0, 0.05) is 17.5 Å². The molecule has 4 heteroatoms. The van der Waals surface area contributed by atoms with Crippen LogP contribution in [-0.2, 0) is 12.8 Å². The molecule has 2 heterocycles. The Kier molecular flexibility index (Phi) is 3.66. The van der Waals surface area contributed by atoms with Gasteiger partial charge in [0.15, 0.2) is 5.82 Å². The van der Waals surface area contributed by atoms with Gasteiger partial charge in [-0.25, -0.2) is 4.98 Å². The van der Waals surface area contributed by atoms with E-state index in [2.05, 4.69) is 34.9 Å². The normalized spacial score (nSPS) is 14.7. The zero-order valence-electron chi connectivity index (χ0n) is 12.0. The number of aromatic amines is 1. The van der Waals surface area contributed by atoms with E-state index in [0.29, 0.717) is 0 Å². The molecule has 1 N–H and O–H groups in total. The molecule has 0 spiro atoms. The summed E-state index contributed by atoms with van der Waals surface area (Å²) in [6.45, 7) is 4.12. The molecule has 0 saturated heterocycles. The largest absolute Gasteiger partial charge is 0.342 e. The second-order valence-electron chi connectivity index (χ2n) is 5.59. The van der Waals surface area contributed by atoms with Crippen LogP contribution in [0.15, 0.2) is 12.3 Å². The van der Waals surface area contributed by atoms with E-state index in [9.17, 15) is 0 Å². The fourth-order valence-electron chi connectivity index (χ4n) is 2.87. The quantitative estimate of drug-likeness (QED) is 0.634. The van der Waals surface area contributed by atoms with Crippen LogP contribution in [0.3, 0.4) is 0 Å². The van der Waals surface area contributed by atoms with Gasteiger partial charge in [0.05, 0.1) is 0 Å². The van der Waals surface area contributed by atoms with Crippen molar-refractivity contribution in [1.82, 2.24) is 15.0 Å². The van der Waals surface area contributed by atoms with E-state index in [4.69, 9.17) is 12.2 Å². The van der Waals surface area contributed by atoms with Crippen LogP contribution < -0.4 is 0 Å². The molecule has 0 radical (unpaired) electrons. The third-order valence-corrected chi connectivity index (χ3v) is 4.24. The number of nitrogens with zero attached hydrogens (tertiary/aromatic N) is 2. The molecule has 0 aromatic carbocycles. The Labute approximate surface area is 124 Å². The molecule has 0 atom stereocenters. The maximum absolute atomic E-state index is 5.50. The molecule has 1 aliphatic carbocycles. The minimum absolute atomic E-state index is 0.748. The lowest BCUT2D eigenvalue weighted by Gasteiger charge is -2.10. The Morgan fingerprint density at radius 2 is 1.95 bits per heavy atom. The maximum atomic E-state index is 5.50. The van der Waals surface area contributed by atoms with Gasteiger partial charge in [-0.05, 0) is 50.7 Å². The number of aryl methyl sites for hydroxylation is 3. The highest BCUT2D eigenvalue weighted by Crippen LogP contribution is 2.24. The van der Waals surface area contributed by atoms with Crippen LogP contribution in [0.5, 0.6) is 0 Å². The molecule has 1 aliphatic rings. The predicted octanol–water partition coefficient (Wildman–Crippen LogP) is 4.09. The first-order chi connectivity index (χ1) is 9.65. The molecule has 2 aromatic heterocycles. The van der Waals surface area contributed by atoms with Gasteiger partial charge < -0.3 is 4.98 Å². The van der Waals surface area contributed by atoms with Gasteiger partial charge in [-0.1, -0.05) is 24.7 Å². The number of rotatable bonds is 1. The van der Waals surface area contributed by atoms with Gasteiger partial charge in [-0.15, -0.1) is 0 Å². The predicted molar refractivity (Wildman–Crippen MR) is 83.4 cm³/mol. The molecule has 0 saturated carbocycles. The van der Waals surface area contributed by atoms with Crippen LogP contribution in [0.25, 0.3) is 11.5 Å². The van der Waals surface area contributed by atoms with Crippen molar-refractivity contribution in [2.24, 2.45) is 0 Å². The Morgan fingerprint density at radius 3 is 2.75 bits per heavy atom. The highest BCUT2D eigenvalue weighted by molar-refractivity contribution is 7.71. The van der Waals surface area contributed by atoms with Crippen LogP contribution >= 0.6 is 12.2 Å². The number of nitrogens with one attached hydrogen (secondary N) is 1. The van der Waals surface area contributed by atoms with Crippen LogP contribution in [-0.4, -0.2) is 15.0 Å². The molecule has 3 nitrogen and oxygen atoms in total. The van der Waals surface area contributed by atoms with Crippen molar-refractivity contribution in [2.75, 3.05) is 0 Å².